The summed E-state index contributed by atoms with van der Waals surface area (Å²) in [7, 11) is 1.68. The van der Waals surface area contributed by atoms with E-state index in [1.54, 1.807) is 7.05 Å². The lowest BCUT2D eigenvalue weighted by Gasteiger charge is -2.29. The van der Waals surface area contributed by atoms with E-state index in [4.69, 9.17) is 15.2 Å². The van der Waals surface area contributed by atoms with Crippen molar-refractivity contribution in [1.29, 1.82) is 0 Å². The van der Waals surface area contributed by atoms with Crippen LogP contribution >= 0.6 is 0 Å². The maximum absolute atomic E-state index is 12.0. The number of carbonyl (C=O) groups is 1. The van der Waals surface area contributed by atoms with Crippen LogP contribution in [-0.2, 0) is 16.1 Å². The van der Waals surface area contributed by atoms with E-state index in [2.05, 4.69) is 0 Å². The SMILES string of the molecule is CN(C(=O)OC(C)(C)C)[C@@H](CN)COCc1ccccc1. The van der Waals surface area contributed by atoms with Gasteiger partial charge >= 0.3 is 6.09 Å². The Balaban J connectivity index is 2.45. The van der Waals surface area contributed by atoms with Crippen LogP contribution in [0.15, 0.2) is 30.3 Å². The summed E-state index contributed by atoms with van der Waals surface area (Å²) in [4.78, 5) is 13.5. The first kappa shape index (κ1) is 17.5. The summed E-state index contributed by atoms with van der Waals surface area (Å²) < 4.78 is 11.0. The molecule has 0 aliphatic carbocycles. The van der Waals surface area contributed by atoms with Gasteiger partial charge in [0.2, 0.25) is 0 Å². The number of rotatable bonds is 6. The van der Waals surface area contributed by atoms with E-state index in [1.165, 1.54) is 4.90 Å². The molecule has 1 amide bonds. The molecule has 21 heavy (non-hydrogen) atoms. The molecule has 1 atom stereocenters. The highest BCUT2D eigenvalue weighted by atomic mass is 16.6. The minimum absolute atomic E-state index is 0.205. The molecule has 0 aliphatic rings. The Morgan fingerprint density at radius 1 is 1.29 bits per heavy atom. The molecule has 0 saturated carbocycles. The van der Waals surface area contributed by atoms with E-state index < -0.39 is 5.60 Å². The monoisotopic (exact) mass is 294 g/mol. The van der Waals surface area contributed by atoms with E-state index in [0.29, 0.717) is 19.8 Å². The van der Waals surface area contributed by atoms with Crippen LogP contribution in [0.3, 0.4) is 0 Å². The molecule has 1 rings (SSSR count). The summed E-state index contributed by atoms with van der Waals surface area (Å²) >= 11 is 0. The zero-order valence-corrected chi connectivity index (χ0v) is 13.3. The predicted molar refractivity (Wildman–Crippen MR) is 82.9 cm³/mol. The first-order valence-corrected chi connectivity index (χ1v) is 7.11. The van der Waals surface area contributed by atoms with Gasteiger partial charge in [0.15, 0.2) is 0 Å². The normalized spacial score (nSPS) is 12.8. The Morgan fingerprint density at radius 2 is 1.90 bits per heavy atom. The zero-order chi connectivity index (χ0) is 15.9. The molecule has 0 aliphatic heterocycles. The fourth-order valence-electron chi connectivity index (χ4n) is 1.71. The molecule has 0 unspecified atom stereocenters. The molecule has 1 aromatic rings. The van der Waals surface area contributed by atoms with E-state index in [9.17, 15) is 4.79 Å². The van der Waals surface area contributed by atoms with Gasteiger partial charge < -0.3 is 20.1 Å². The van der Waals surface area contributed by atoms with Crippen LogP contribution in [0.25, 0.3) is 0 Å². The molecule has 118 valence electrons. The third kappa shape index (κ3) is 6.60. The molecule has 0 saturated heterocycles. The van der Waals surface area contributed by atoms with Crippen molar-refractivity contribution in [3.8, 4) is 0 Å². The van der Waals surface area contributed by atoms with Crippen molar-refractivity contribution in [2.24, 2.45) is 5.73 Å². The number of ether oxygens (including phenoxy) is 2. The third-order valence-electron chi connectivity index (χ3n) is 2.92. The Morgan fingerprint density at radius 3 is 2.43 bits per heavy atom. The maximum atomic E-state index is 12.0. The number of likely N-dealkylation sites (N-methyl/N-ethyl adjacent to an activating group) is 1. The number of hydrogen-bond donors (Lipinski definition) is 1. The van der Waals surface area contributed by atoms with Crippen LogP contribution in [0, 0.1) is 0 Å². The van der Waals surface area contributed by atoms with Gasteiger partial charge in [-0.25, -0.2) is 4.79 Å². The molecule has 0 spiro atoms. The summed E-state index contributed by atoms with van der Waals surface area (Å²) in [5.41, 5.74) is 6.30. The number of nitrogens with two attached hydrogens (primary N) is 1. The molecule has 5 heteroatoms. The highest BCUT2D eigenvalue weighted by molar-refractivity contribution is 5.68. The zero-order valence-electron chi connectivity index (χ0n) is 13.3. The minimum atomic E-state index is -0.518. The number of amides is 1. The predicted octanol–water partition coefficient (Wildman–Crippen LogP) is 2.40. The summed E-state index contributed by atoms with van der Waals surface area (Å²) in [5.74, 6) is 0. The second kappa shape index (κ2) is 8.00. The summed E-state index contributed by atoms with van der Waals surface area (Å²) in [6.07, 6.45) is -0.388. The topological polar surface area (TPSA) is 64.8 Å². The van der Waals surface area contributed by atoms with E-state index in [-0.39, 0.29) is 12.1 Å². The van der Waals surface area contributed by atoms with Gasteiger partial charge in [-0.2, -0.15) is 0 Å². The molecule has 5 nitrogen and oxygen atoms in total. The van der Waals surface area contributed by atoms with Gasteiger partial charge in [0.25, 0.3) is 0 Å². The van der Waals surface area contributed by atoms with E-state index in [1.807, 2.05) is 51.1 Å². The molecule has 2 N–H and O–H groups in total. The molecule has 0 heterocycles. The summed E-state index contributed by atoms with van der Waals surface area (Å²) in [5, 5.41) is 0. The number of nitrogens with zero attached hydrogens (tertiary/aromatic N) is 1. The molecule has 0 radical (unpaired) electrons. The van der Waals surface area contributed by atoms with Crippen molar-refractivity contribution >= 4 is 6.09 Å². The average Bonchev–Trinajstić information content (AvgIpc) is 2.42. The summed E-state index contributed by atoms with van der Waals surface area (Å²) in [6.45, 7) is 6.71. The molecule has 0 fully saturated rings. The lowest BCUT2D eigenvalue weighted by atomic mass is 10.2. The third-order valence-corrected chi connectivity index (χ3v) is 2.92. The Bertz CT molecular complexity index is 429. The van der Waals surface area contributed by atoms with Crippen molar-refractivity contribution < 1.29 is 14.3 Å². The van der Waals surface area contributed by atoms with Crippen LogP contribution < -0.4 is 5.73 Å². The maximum Gasteiger partial charge on any atom is 0.410 e. The number of carbonyl (C=O) groups excluding carboxylic acids is 1. The first-order valence-electron chi connectivity index (χ1n) is 7.11. The Labute approximate surface area is 127 Å². The van der Waals surface area contributed by atoms with Gasteiger partial charge in [0, 0.05) is 13.6 Å². The van der Waals surface area contributed by atoms with Crippen molar-refractivity contribution in [1.82, 2.24) is 4.90 Å². The van der Waals surface area contributed by atoms with Gasteiger partial charge in [-0.15, -0.1) is 0 Å². The van der Waals surface area contributed by atoms with Crippen molar-refractivity contribution in [3.63, 3.8) is 0 Å². The van der Waals surface area contributed by atoms with Gasteiger partial charge in [-0.1, -0.05) is 30.3 Å². The lowest BCUT2D eigenvalue weighted by Crippen LogP contribution is -2.46. The smallest absolute Gasteiger partial charge is 0.410 e. The molecule has 0 aromatic heterocycles. The highest BCUT2D eigenvalue weighted by Crippen LogP contribution is 2.11. The highest BCUT2D eigenvalue weighted by Gasteiger charge is 2.24. The van der Waals surface area contributed by atoms with Crippen LogP contribution in [0.2, 0.25) is 0 Å². The molecule has 1 aromatic carbocycles. The molecule has 0 bridgehead atoms. The molecular weight excluding hydrogens is 268 g/mol. The van der Waals surface area contributed by atoms with Gasteiger partial charge in [0.1, 0.15) is 5.60 Å². The quantitative estimate of drug-likeness (QED) is 0.875. The van der Waals surface area contributed by atoms with Crippen LogP contribution in [0.1, 0.15) is 26.3 Å². The van der Waals surface area contributed by atoms with Crippen LogP contribution in [-0.4, -0.2) is 42.8 Å². The summed E-state index contributed by atoms with van der Waals surface area (Å²) in [6, 6.07) is 9.67. The standard InChI is InChI=1S/C16H26N2O3/c1-16(2,3)21-15(19)18(4)14(10-17)12-20-11-13-8-6-5-7-9-13/h5-9,14H,10-12,17H2,1-4H3/t14-/m0/s1. The second-order valence-electron chi connectivity index (χ2n) is 5.98. The fourth-order valence-corrected chi connectivity index (χ4v) is 1.71. The Kier molecular flexibility index (Phi) is 6.65. The van der Waals surface area contributed by atoms with Gasteiger partial charge in [-0.05, 0) is 26.3 Å². The minimum Gasteiger partial charge on any atom is -0.444 e. The lowest BCUT2D eigenvalue weighted by molar-refractivity contribution is 0.00764. The largest absolute Gasteiger partial charge is 0.444 e. The fraction of sp³-hybridized carbons (Fsp3) is 0.562. The second-order valence-corrected chi connectivity index (χ2v) is 5.98. The van der Waals surface area contributed by atoms with E-state index in [0.717, 1.165) is 5.56 Å². The first-order chi connectivity index (χ1) is 9.83. The van der Waals surface area contributed by atoms with E-state index >= 15 is 0 Å². The average molecular weight is 294 g/mol. The van der Waals surface area contributed by atoms with Crippen molar-refractivity contribution in [2.75, 3.05) is 20.2 Å². The Hall–Kier alpha value is -1.59. The van der Waals surface area contributed by atoms with Gasteiger partial charge in [0.05, 0.1) is 19.3 Å². The number of benzene rings is 1. The van der Waals surface area contributed by atoms with Crippen LogP contribution in [0.5, 0.6) is 0 Å². The number of hydrogen-bond acceptors (Lipinski definition) is 4. The van der Waals surface area contributed by atoms with Crippen molar-refractivity contribution in [2.45, 2.75) is 39.0 Å². The van der Waals surface area contributed by atoms with Crippen molar-refractivity contribution in [3.05, 3.63) is 35.9 Å². The van der Waals surface area contributed by atoms with Gasteiger partial charge in [-0.3, -0.25) is 0 Å². The molecular formula is C16H26N2O3. The van der Waals surface area contributed by atoms with Crippen LogP contribution in [0.4, 0.5) is 4.79 Å².